The second-order valence-corrected chi connectivity index (χ2v) is 12.3. The van der Waals surface area contributed by atoms with Crippen molar-refractivity contribution in [2.45, 2.75) is 16.7 Å². The summed E-state index contributed by atoms with van der Waals surface area (Å²) in [5.74, 6) is -0.154. The van der Waals surface area contributed by atoms with Crippen molar-refractivity contribution in [3.05, 3.63) is 53.6 Å². The van der Waals surface area contributed by atoms with Gasteiger partial charge in [-0.05, 0) is 37.3 Å². The average molecular weight is 524 g/mol. The van der Waals surface area contributed by atoms with Crippen LogP contribution in [0.25, 0.3) is 0 Å². The fraction of sp³-hybridized carbons (Fsp3) is 0.435. The molecule has 2 aromatic rings. The van der Waals surface area contributed by atoms with Crippen molar-refractivity contribution in [3.8, 4) is 5.75 Å². The predicted molar refractivity (Wildman–Crippen MR) is 128 cm³/mol. The number of hydrogen-bond donors (Lipinski definition) is 0. The molecule has 35 heavy (non-hydrogen) atoms. The minimum absolute atomic E-state index is 0.00383. The molecule has 0 aromatic heterocycles. The number of piperazine rings is 1. The lowest BCUT2D eigenvalue weighted by Gasteiger charge is -2.34. The summed E-state index contributed by atoms with van der Waals surface area (Å²) in [7, 11) is -6.05. The summed E-state index contributed by atoms with van der Waals surface area (Å²) in [6.07, 6.45) is 0. The zero-order valence-corrected chi connectivity index (χ0v) is 21.3. The van der Waals surface area contributed by atoms with E-state index in [9.17, 15) is 21.6 Å². The van der Waals surface area contributed by atoms with Crippen LogP contribution in [-0.2, 0) is 24.8 Å². The molecule has 2 aliphatic heterocycles. The first-order chi connectivity index (χ1) is 16.6. The summed E-state index contributed by atoms with van der Waals surface area (Å²) >= 11 is 0. The molecule has 2 fully saturated rings. The lowest BCUT2D eigenvalue weighted by Crippen LogP contribution is -2.50. The number of carbonyl (C=O) groups excluding carboxylic acids is 1. The van der Waals surface area contributed by atoms with Gasteiger partial charge in [0.25, 0.3) is 5.91 Å². The number of rotatable bonds is 6. The van der Waals surface area contributed by atoms with E-state index < -0.39 is 26.0 Å². The van der Waals surface area contributed by atoms with Crippen LogP contribution in [0, 0.1) is 6.92 Å². The van der Waals surface area contributed by atoms with Crippen molar-refractivity contribution >= 4 is 26.0 Å². The highest BCUT2D eigenvalue weighted by atomic mass is 32.2. The first-order valence-corrected chi connectivity index (χ1v) is 14.1. The molecule has 4 rings (SSSR count). The van der Waals surface area contributed by atoms with E-state index >= 15 is 0 Å². The molecule has 0 radical (unpaired) electrons. The van der Waals surface area contributed by atoms with Gasteiger partial charge >= 0.3 is 0 Å². The second kappa shape index (κ2) is 10.2. The van der Waals surface area contributed by atoms with Gasteiger partial charge in [0.1, 0.15) is 5.75 Å². The third-order valence-corrected chi connectivity index (χ3v) is 10.0. The van der Waals surface area contributed by atoms with Crippen molar-refractivity contribution in [2.24, 2.45) is 0 Å². The molecule has 12 heteroatoms. The quantitative estimate of drug-likeness (QED) is 0.559. The highest BCUT2D eigenvalue weighted by molar-refractivity contribution is 7.89. The zero-order valence-electron chi connectivity index (χ0n) is 19.7. The topological polar surface area (TPSA) is 114 Å². The lowest BCUT2D eigenvalue weighted by atomic mass is 10.1. The van der Waals surface area contributed by atoms with E-state index in [1.54, 1.807) is 24.3 Å². The predicted octanol–water partition coefficient (Wildman–Crippen LogP) is 1.17. The monoisotopic (exact) mass is 523 g/mol. The van der Waals surface area contributed by atoms with Gasteiger partial charge in [0.2, 0.25) is 20.0 Å². The molecule has 0 aliphatic carbocycles. The van der Waals surface area contributed by atoms with Crippen molar-refractivity contribution < 1.29 is 31.1 Å². The van der Waals surface area contributed by atoms with Gasteiger partial charge in [0.15, 0.2) is 0 Å². The molecule has 0 atom stereocenters. The number of nitrogens with zero attached hydrogens (tertiary/aromatic N) is 3. The molecule has 2 heterocycles. The third kappa shape index (κ3) is 5.21. The van der Waals surface area contributed by atoms with Gasteiger partial charge in [0.05, 0.1) is 35.7 Å². The summed E-state index contributed by atoms with van der Waals surface area (Å²) in [5, 5.41) is 0. The maximum absolute atomic E-state index is 13.3. The number of sulfonamides is 2. The van der Waals surface area contributed by atoms with Gasteiger partial charge in [-0.15, -0.1) is 0 Å². The van der Waals surface area contributed by atoms with Crippen LogP contribution in [0.15, 0.2) is 52.3 Å². The summed E-state index contributed by atoms with van der Waals surface area (Å²) < 4.78 is 65.4. The second-order valence-electron chi connectivity index (χ2n) is 8.39. The zero-order chi connectivity index (χ0) is 25.2. The summed E-state index contributed by atoms with van der Waals surface area (Å²) in [6.45, 7) is 3.63. The molecular weight excluding hydrogens is 494 g/mol. The Bertz CT molecular complexity index is 1280. The average Bonchev–Trinajstić information content (AvgIpc) is 2.88. The number of aryl methyl sites for hydroxylation is 1. The van der Waals surface area contributed by atoms with Crippen LogP contribution in [0.1, 0.15) is 15.9 Å². The van der Waals surface area contributed by atoms with Crippen molar-refractivity contribution in [1.82, 2.24) is 13.5 Å². The highest BCUT2D eigenvalue weighted by Gasteiger charge is 2.33. The molecule has 10 nitrogen and oxygen atoms in total. The number of amides is 1. The van der Waals surface area contributed by atoms with Gasteiger partial charge in [-0.3, -0.25) is 4.79 Å². The first kappa shape index (κ1) is 25.6. The lowest BCUT2D eigenvalue weighted by molar-refractivity contribution is 0.0693. The third-order valence-electron chi connectivity index (χ3n) is 6.19. The van der Waals surface area contributed by atoms with Gasteiger partial charge in [-0.2, -0.15) is 8.61 Å². The molecule has 2 saturated heterocycles. The number of benzene rings is 2. The van der Waals surface area contributed by atoms with Crippen LogP contribution in [-0.4, -0.2) is 95.8 Å². The van der Waals surface area contributed by atoms with E-state index in [2.05, 4.69) is 0 Å². The van der Waals surface area contributed by atoms with Crippen molar-refractivity contribution in [1.29, 1.82) is 0 Å². The van der Waals surface area contributed by atoms with Gasteiger partial charge in [0, 0.05) is 39.3 Å². The van der Waals surface area contributed by atoms with Crippen LogP contribution in [0.2, 0.25) is 0 Å². The molecule has 2 aliphatic rings. The maximum Gasteiger partial charge on any atom is 0.257 e. The van der Waals surface area contributed by atoms with Crippen LogP contribution in [0.3, 0.4) is 0 Å². The Morgan fingerprint density at radius 2 is 1.34 bits per heavy atom. The van der Waals surface area contributed by atoms with E-state index in [4.69, 9.17) is 9.47 Å². The van der Waals surface area contributed by atoms with Crippen LogP contribution in [0.4, 0.5) is 0 Å². The van der Waals surface area contributed by atoms with Gasteiger partial charge in [-0.1, -0.05) is 17.7 Å². The van der Waals surface area contributed by atoms with Crippen LogP contribution < -0.4 is 4.74 Å². The fourth-order valence-electron chi connectivity index (χ4n) is 4.11. The molecular formula is C23H29N3O7S2. The van der Waals surface area contributed by atoms with E-state index in [0.29, 0.717) is 13.2 Å². The number of ether oxygens (including phenoxy) is 2. The van der Waals surface area contributed by atoms with Crippen LogP contribution >= 0.6 is 0 Å². The molecule has 1 amide bonds. The molecule has 0 bridgehead atoms. The largest absolute Gasteiger partial charge is 0.496 e. The fourth-order valence-corrected chi connectivity index (χ4v) is 6.97. The summed E-state index contributed by atoms with van der Waals surface area (Å²) in [4.78, 5) is 15.1. The van der Waals surface area contributed by atoms with Gasteiger partial charge in [-0.25, -0.2) is 16.8 Å². The smallest absolute Gasteiger partial charge is 0.257 e. The van der Waals surface area contributed by atoms with E-state index in [1.807, 2.05) is 6.92 Å². The van der Waals surface area contributed by atoms with Gasteiger partial charge < -0.3 is 14.4 Å². The van der Waals surface area contributed by atoms with Crippen molar-refractivity contribution in [3.63, 3.8) is 0 Å². The Morgan fingerprint density at radius 1 is 0.800 bits per heavy atom. The molecule has 0 N–H and O–H groups in total. The first-order valence-electron chi connectivity index (χ1n) is 11.3. The minimum atomic E-state index is -3.80. The van der Waals surface area contributed by atoms with E-state index in [0.717, 1.165) is 5.56 Å². The summed E-state index contributed by atoms with van der Waals surface area (Å²) in [5.41, 5.74) is 1.09. The van der Waals surface area contributed by atoms with Crippen LogP contribution in [0.5, 0.6) is 5.75 Å². The standard InChI is InChI=1S/C23H29N3O7S2/c1-18-3-5-19(6-4-18)34(28,29)25-11-9-24(10-12-25)23(27)21-17-20(7-8-22(21)32-2)35(30,31)26-13-15-33-16-14-26/h3-8,17H,9-16H2,1-2H3. The Hall–Kier alpha value is -2.51. The Balaban J connectivity index is 1.52. The minimum Gasteiger partial charge on any atom is -0.496 e. The number of hydrogen-bond acceptors (Lipinski definition) is 7. The number of morpholine rings is 1. The van der Waals surface area contributed by atoms with Crippen molar-refractivity contribution in [2.75, 3.05) is 59.6 Å². The van der Waals surface area contributed by atoms with E-state index in [-0.39, 0.29) is 60.4 Å². The Kier molecular flexibility index (Phi) is 7.48. The molecule has 2 aromatic carbocycles. The normalized spacial score (nSPS) is 18.4. The Morgan fingerprint density at radius 3 is 1.94 bits per heavy atom. The SMILES string of the molecule is COc1ccc(S(=O)(=O)N2CCOCC2)cc1C(=O)N1CCN(S(=O)(=O)c2ccc(C)cc2)CC1. The van der Waals surface area contributed by atoms with E-state index in [1.165, 1.54) is 38.8 Å². The highest BCUT2D eigenvalue weighted by Crippen LogP contribution is 2.27. The Labute approximate surface area is 206 Å². The maximum atomic E-state index is 13.3. The molecule has 0 saturated carbocycles. The molecule has 0 spiro atoms. The summed E-state index contributed by atoms with van der Waals surface area (Å²) in [6, 6.07) is 10.9. The molecule has 0 unspecified atom stereocenters. The number of methoxy groups -OCH3 is 1. The molecule has 190 valence electrons. The number of carbonyl (C=O) groups is 1.